The largest absolute Gasteiger partial charge is 0.507 e. The standard InChI is InChI=1S/C8H8ClIO/c1-2-5-3-7(10)8(11)4-6(5)9/h3-4,11H,2H2,1H3. The van der Waals surface area contributed by atoms with Gasteiger partial charge in [0.05, 0.1) is 3.57 Å². The van der Waals surface area contributed by atoms with Gasteiger partial charge in [0.1, 0.15) is 5.75 Å². The minimum atomic E-state index is 0.257. The Kier molecular flexibility index (Phi) is 3.01. The maximum atomic E-state index is 9.23. The maximum Gasteiger partial charge on any atom is 0.130 e. The molecule has 0 aliphatic heterocycles. The first-order valence-electron chi connectivity index (χ1n) is 3.32. The molecule has 3 heteroatoms. The van der Waals surface area contributed by atoms with Crippen molar-refractivity contribution < 1.29 is 5.11 Å². The quantitative estimate of drug-likeness (QED) is 0.784. The zero-order valence-electron chi connectivity index (χ0n) is 6.06. The molecule has 0 saturated carbocycles. The molecule has 0 aromatic heterocycles. The van der Waals surface area contributed by atoms with Gasteiger partial charge >= 0.3 is 0 Å². The molecule has 0 unspecified atom stereocenters. The van der Waals surface area contributed by atoms with Crippen LogP contribution in [0.4, 0.5) is 0 Å². The third kappa shape index (κ3) is 1.99. The van der Waals surface area contributed by atoms with E-state index in [1.807, 2.05) is 13.0 Å². The molecule has 0 atom stereocenters. The summed E-state index contributed by atoms with van der Waals surface area (Å²) in [5, 5.41) is 9.87. The molecule has 0 radical (unpaired) electrons. The molecule has 0 saturated heterocycles. The Hall–Kier alpha value is 0.0400. The lowest BCUT2D eigenvalue weighted by Crippen LogP contribution is -1.84. The van der Waals surface area contributed by atoms with E-state index < -0.39 is 0 Å². The van der Waals surface area contributed by atoms with Gasteiger partial charge in [-0.25, -0.2) is 0 Å². The summed E-state index contributed by atoms with van der Waals surface area (Å²) in [6, 6.07) is 3.49. The fourth-order valence-electron chi connectivity index (χ4n) is 0.848. The zero-order chi connectivity index (χ0) is 8.43. The van der Waals surface area contributed by atoms with Crippen molar-refractivity contribution in [3.05, 3.63) is 26.3 Å². The Morgan fingerprint density at radius 1 is 1.55 bits per heavy atom. The molecular weight excluding hydrogens is 274 g/mol. The van der Waals surface area contributed by atoms with Gasteiger partial charge in [0.2, 0.25) is 0 Å². The summed E-state index contributed by atoms with van der Waals surface area (Å²) in [5.74, 6) is 0.257. The van der Waals surface area contributed by atoms with E-state index in [9.17, 15) is 5.11 Å². The van der Waals surface area contributed by atoms with Crippen LogP contribution in [0, 0.1) is 3.57 Å². The smallest absolute Gasteiger partial charge is 0.130 e. The number of benzene rings is 1. The number of rotatable bonds is 1. The normalized spacial score (nSPS) is 10.1. The zero-order valence-corrected chi connectivity index (χ0v) is 8.98. The summed E-state index contributed by atoms with van der Waals surface area (Å²) in [5.41, 5.74) is 1.08. The topological polar surface area (TPSA) is 20.2 Å². The Morgan fingerprint density at radius 3 is 2.73 bits per heavy atom. The van der Waals surface area contributed by atoms with Gasteiger partial charge in [-0.1, -0.05) is 18.5 Å². The van der Waals surface area contributed by atoms with Crippen molar-refractivity contribution in [1.29, 1.82) is 0 Å². The molecule has 1 aromatic carbocycles. The van der Waals surface area contributed by atoms with Gasteiger partial charge in [-0.2, -0.15) is 0 Å². The molecule has 0 bridgehead atoms. The highest BCUT2D eigenvalue weighted by molar-refractivity contribution is 14.1. The van der Waals surface area contributed by atoms with Crippen LogP contribution in [0.2, 0.25) is 5.02 Å². The lowest BCUT2D eigenvalue weighted by molar-refractivity contribution is 0.471. The minimum Gasteiger partial charge on any atom is -0.507 e. The fourth-order valence-corrected chi connectivity index (χ4v) is 1.67. The molecule has 0 amide bonds. The van der Waals surface area contributed by atoms with E-state index in [1.165, 1.54) is 0 Å². The first kappa shape index (κ1) is 9.13. The van der Waals surface area contributed by atoms with Crippen molar-refractivity contribution in [3.63, 3.8) is 0 Å². The Morgan fingerprint density at radius 2 is 2.18 bits per heavy atom. The molecule has 1 N–H and O–H groups in total. The number of halogens is 2. The van der Waals surface area contributed by atoms with Gasteiger partial charge in [-0.15, -0.1) is 0 Å². The molecule has 60 valence electrons. The Labute approximate surface area is 84.5 Å². The number of hydrogen-bond acceptors (Lipinski definition) is 1. The van der Waals surface area contributed by atoms with E-state index in [2.05, 4.69) is 22.6 Å². The predicted octanol–water partition coefficient (Wildman–Crippen LogP) is 3.21. The summed E-state index contributed by atoms with van der Waals surface area (Å²) in [4.78, 5) is 0. The molecule has 0 spiro atoms. The SMILES string of the molecule is CCc1cc(I)c(O)cc1Cl. The number of aromatic hydroxyl groups is 1. The average Bonchev–Trinajstić information content (AvgIpc) is 1.97. The molecule has 0 heterocycles. The van der Waals surface area contributed by atoms with Crippen molar-refractivity contribution in [2.24, 2.45) is 0 Å². The van der Waals surface area contributed by atoms with Gasteiger partial charge in [0, 0.05) is 5.02 Å². The first-order chi connectivity index (χ1) is 5.15. The van der Waals surface area contributed by atoms with Gasteiger partial charge in [-0.05, 0) is 46.7 Å². The highest BCUT2D eigenvalue weighted by Crippen LogP contribution is 2.27. The second-order valence-corrected chi connectivity index (χ2v) is 3.82. The van der Waals surface area contributed by atoms with Crippen LogP contribution >= 0.6 is 34.2 Å². The maximum absolute atomic E-state index is 9.23. The molecule has 11 heavy (non-hydrogen) atoms. The number of phenols is 1. The van der Waals surface area contributed by atoms with Crippen molar-refractivity contribution in [1.82, 2.24) is 0 Å². The summed E-state index contributed by atoms with van der Waals surface area (Å²) >= 11 is 7.92. The monoisotopic (exact) mass is 282 g/mol. The number of aryl methyl sites for hydroxylation is 1. The molecule has 1 aromatic rings. The Bertz CT molecular complexity index is 273. The molecule has 0 fully saturated rings. The van der Waals surface area contributed by atoms with Gasteiger partial charge < -0.3 is 5.11 Å². The van der Waals surface area contributed by atoms with E-state index in [-0.39, 0.29) is 5.75 Å². The van der Waals surface area contributed by atoms with Crippen molar-refractivity contribution in [3.8, 4) is 5.75 Å². The first-order valence-corrected chi connectivity index (χ1v) is 4.77. The van der Waals surface area contributed by atoms with E-state index in [0.717, 1.165) is 15.6 Å². The molecule has 0 aliphatic carbocycles. The van der Waals surface area contributed by atoms with Gasteiger partial charge in [-0.3, -0.25) is 0 Å². The summed E-state index contributed by atoms with van der Waals surface area (Å²) in [6.45, 7) is 2.04. The second-order valence-electron chi connectivity index (χ2n) is 2.25. The van der Waals surface area contributed by atoms with E-state index >= 15 is 0 Å². The minimum absolute atomic E-state index is 0.257. The third-order valence-electron chi connectivity index (χ3n) is 1.50. The van der Waals surface area contributed by atoms with Crippen LogP contribution in [0.1, 0.15) is 12.5 Å². The summed E-state index contributed by atoms with van der Waals surface area (Å²) in [7, 11) is 0. The Balaban J connectivity index is 3.21. The van der Waals surface area contributed by atoms with Crippen LogP contribution < -0.4 is 0 Å². The van der Waals surface area contributed by atoms with Crippen LogP contribution in [-0.2, 0) is 6.42 Å². The summed E-state index contributed by atoms with van der Waals surface area (Å²) < 4.78 is 0.851. The molecule has 1 rings (SSSR count). The lowest BCUT2D eigenvalue weighted by Gasteiger charge is -2.02. The van der Waals surface area contributed by atoms with Gasteiger partial charge in [0.15, 0.2) is 0 Å². The molecular formula is C8H8ClIO. The highest BCUT2D eigenvalue weighted by Gasteiger charge is 2.03. The second kappa shape index (κ2) is 3.63. The van der Waals surface area contributed by atoms with E-state index in [4.69, 9.17) is 11.6 Å². The van der Waals surface area contributed by atoms with Crippen LogP contribution in [0.5, 0.6) is 5.75 Å². The highest BCUT2D eigenvalue weighted by atomic mass is 127. The van der Waals surface area contributed by atoms with Crippen molar-refractivity contribution in [2.75, 3.05) is 0 Å². The third-order valence-corrected chi connectivity index (χ3v) is 2.71. The van der Waals surface area contributed by atoms with Crippen molar-refractivity contribution in [2.45, 2.75) is 13.3 Å². The number of hydrogen-bond donors (Lipinski definition) is 1. The van der Waals surface area contributed by atoms with E-state index in [0.29, 0.717) is 5.02 Å². The molecule has 1 nitrogen and oxygen atoms in total. The average molecular weight is 283 g/mol. The fraction of sp³-hybridized carbons (Fsp3) is 0.250. The number of phenolic OH excluding ortho intramolecular Hbond substituents is 1. The molecule has 0 aliphatic rings. The predicted molar refractivity (Wildman–Crippen MR) is 55.2 cm³/mol. The summed E-state index contributed by atoms with van der Waals surface area (Å²) in [6.07, 6.45) is 0.898. The van der Waals surface area contributed by atoms with Crippen molar-refractivity contribution >= 4 is 34.2 Å². The van der Waals surface area contributed by atoms with Crippen LogP contribution in [0.25, 0.3) is 0 Å². The van der Waals surface area contributed by atoms with Crippen LogP contribution in [0.3, 0.4) is 0 Å². The van der Waals surface area contributed by atoms with Gasteiger partial charge in [0.25, 0.3) is 0 Å². The van der Waals surface area contributed by atoms with E-state index in [1.54, 1.807) is 6.07 Å². The van der Waals surface area contributed by atoms with Crippen LogP contribution in [0.15, 0.2) is 12.1 Å². The lowest BCUT2D eigenvalue weighted by atomic mass is 10.2. The van der Waals surface area contributed by atoms with Crippen LogP contribution in [-0.4, -0.2) is 5.11 Å².